The van der Waals surface area contributed by atoms with E-state index in [2.05, 4.69) is 10.4 Å². The Bertz CT molecular complexity index is 502. The van der Waals surface area contributed by atoms with E-state index < -0.39 is 0 Å². The van der Waals surface area contributed by atoms with Crippen LogP contribution in [0, 0.1) is 0 Å². The zero-order valence-electron chi connectivity index (χ0n) is 10.2. The number of thiazole rings is 1. The maximum atomic E-state index is 5.64. The number of methoxy groups -OCH3 is 2. The fraction of sp³-hybridized carbons (Fsp3) is 0.250. The monoisotopic (exact) mass is 265 g/mol. The molecule has 0 aliphatic rings. The number of aromatic nitrogens is 1. The van der Waals surface area contributed by atoms with Gasteiger partial charge in [0.15, 0.2) is 0 Å². The molecule has 0 saturated carbocycles. The van der Waals surface area contributed by atoms with Gasteiger partial charge in [-0.3, -0.25) is 10.8 Å². The zero-order chi connectivity index (χ0) is 13.0. The molecule has 1 atom stereocenters. The molecule has 18 heavy (non-hydrogen) atoms. The van der Waals surface area contributed by atoms with Crippen LogP contribution in [0.1, 0.15) is 16.5 Å². The predicted octanol–water partition coefficient (Wildman–Crippen LogP) is 1.71. The molecule has 1 heterocycles. The number of nitrogens with zero attached hydrogens (tertiary/aromatic N) is 1. The van der Waals surface area contributed by atoms with Gasteiger partial charge >= 0.3 is 0 Å². The molecular weight excluding hydrogens is 250 g/mol. The van der Waals surface area contributed by atoms with Crippen LogP contribution in [0.25, 0.3) is 0 Å². The maximum absolute atomic E-state index is 5.64. The minimum absolute atomic E-state index is 0.164. The number of hydrogen-bond acceptors (Lipinski definition) is 6. The third-order valence-corrected chi connectivity index (χ3v) is 3.49. The summed E-state index contributed by atoms with van der Waals surface area (Å²) < 4.78 is 10.6. The van der Waals surface area contributed by atoms with E-state index in [0.717, 1.165) is 21.9 Å². The number of hydrogen-bond donors (Lipinski definition) is 2. The van der Waals surface area contributed by atoms with Crippen LogP contribution in [0.4, 0.5) is 0 Å². The summed E-state index contributed by atoms with van der Waals surface area (Å²) in [5.74, 6) is 7.16. The summed E-state index contributed by atoms with van der Waals surface area (Å²) in [6.45, 7) is 0. The van der Waals surface area contributed by atoms with Crippen LogP contribution in [0.15, 0.2) is 29.9 Å². The van der Waals surface area contributed by atoms with Gasteiger partial charge in [0.1, 0.15) is 11.5 Å². The lowest BCUT2D eigenvalue weighted by atomic mass is 10.0. The van der Waals surface area contributed by atoms with Gasteiger partial charge in [0, 0.05) is 16.6 Å². The minimum atomic E-state index is -0.164. The first-order valence-corrected chi connectivity index (χ1v) is 6.24. The van der Waals surface area contributed by atoms with E-state index in [1.807, 2.05) is 18.2 Å². The highest BCUT2D eigenvalue weighted by atomic mass is 32.1. The quantitative estimate of drug-likeness (QED) is 0.636. The van der Waals surface area contributed by atoms with Crippen molar-refractivity contribution < 1.29 is 9.47 Å². The molecule has 2 rings (SSSR count). The fourth-order valence-corrected chi connectivity index (χ4v) is 2.45. The predicted molar refractivity (Wildman–Crippen MR) is 70.8 cm³/mol. The molecule has 3 N–H and O–H groups in total. The number of nitrogens with one attached hydrogen (secondary N) is 1. The Labute approximate surface area is 110 Å². The van der Waals surface area contributed by atoms with E-state index in [-0.39, 0.29) is 6.04 Å². The number of benzene rings is 1. The van der Waals surface area contributed by atoms with Crippen molar-refractivity contribution in [1.29, 1.82) is 0 Å². The molecule has 2 aromatic rings. The lowest BCUT2D eigenvalue weighted by Crippen LogP contribution is -2.28. The molecule has 1 aromatic heterocycles. The fourth-order valence-electron chi connectivity index (χ4n) is 1.76. The molecule has 96 valence electrons. The molecule has 0 bridgehead atoms. The average molecular weight is 265 g/mol. The van der Waals surface area contributed by atoms with Crippen molar-refractivity contribution >= 4 is 11.3 Å². The smallest absolute Gasteiger partial charge is 0.124 e. The number of nitrogens with two attached hydrogens (primary N) is 1. The molecule has 0 spiro atoms. The Balaban J connectivity index is 2.46. The molecular formula is C12H15N3O2S. The molecule has 1 unspecified atom stereocenters. The van der Waals surface area contributed by atoms with Gasteiger partial charge in [-0.2, -0.15) is 0 Å². The Morgan fingerprint density at radius 3 is 2.72 bits per heavy atom. The first kappa shape index (κ1) is 12.8. The normalized spacial score (nSPS) is 12.2. The van der Waals surface area contributed by atoms with Gasteiger partial charge in [-0.25, -0.2) is 5.43 Å². The summed E-state index contributed by atoms with van der Waals surface area (Å²) in [5, 5.41) is 0. The first-order chi connectivity index (χ1) is 8.80. The van der Waals surface area contributed by atoms with Crippen LogP contribution in [0.5, 0.6) is 11.5 Å². The Hall–Kier alpha value is -1.63. The van der Waals surface area contributed by atoms with Gasteiger partial charge in [0.25, 0.3) is 0 Å². The molecule has 0 aliphatic carbocycles. The minimum Gasteiger partial charge on any atom is -0.497 e. The van der Waals surface area contributed by atoms with Crippen molar-refractivity contribution in [2.75, 3.05) is 14.2 Å². The van der Waals surface area contributed by atoms with E-state index in [1.54, 1.807) is 25.9 Å². The lowest BCUT2D eigenvalue weighted by Gasteiger charge is -2.18. The van der Waals surface area contributed by atoms with E-state index >= 15 is 0 Å². The van der Waals surface area contributed by atoms with E-state index in [1.165, 1.54) is 11.3 Å². The lowest BCUT2D eigenvalue weighted by molar-refractivity contribution is 0.394. The molecule has 0 aliphatic heterocycles. The highest BCUT2D eigenvalue weighted by Crippen LogP contribution is 2.33. The summed E-state index contributed by atoms with van der Waals surface area (Å²) in [5.41, 5.74) is 5.47. The van der Waals surface area contributed by atoms with Crippen molar-refractivity contribution in [2.45, 2.75) is 6.04 Å². The third-order valence-electron chi connectivity index (χ3n) is 2.65. The molecule has 0 fully saturated rings. The first-order valence-electron chi connectivity index (χ1n) is 5.36. The van der Waals surface area contributed by atoms with Crippen LogP contribution in [-0.2, 0) is 0 Å². The largest absolute Gasteiger partial charge is 0.497 e. The van der Waals surface area contributed by atoms with E-state index in [9.17, 15) is 0 Å². The third kappa shape index (κ3) is 2.45. The van der Waals surface area contributed by atoms with Crippen molar-refractivity contribution in [1.82, 2.24) is 10.4 Å². The standard InChI is InChI=1S/C12H15N3O2S/c1-16-8-3-4-10(17-2)9(5-8)12(15-13)11-6-14-7-18-11/h3-7,12,15H,13H2,1-2H3. The Kier molecular flexibility index (Phi) is 4.14. The van der Waals surface area contributed by atoms with Gasteiger partial charge < -0.3 is 9.47 Å². The summed E-state index contributed by atoms with van der Waals surface area (Å²) in [7, 11) is 3.26. The number of ether oxygens (including phenoxy) is 2. The van der Waals surface area contributed by atoms with Gasteiger partial charge in [-0.15, -0.1) is 11.3 Å². The average Bonchev–Trinajstić information content (AvgIpc) is 2.93. The van der Waals surface area contributed by atoms with Crippen molar-refractivity contribution in [3.63, 3.8) is 0 Å². The summed E-state index contributed by atoms with van der Waals surface area (Å²) in [4.78, 5) is 5.08. The van der Waals surface area contributed by atoms with Gasteiger partial charge in [-0.1, -0.05) is 0 Å². The zero-order valence-corrected chi connectivity index (χ0v) is 11.0. The molecule has 0 saturated heterocycles. The second-order valence-corrected chi connectivity index (χ2v) is 4.53. The van der Waals surface area contributed by atoms with Gasteiger partial charge in [0.05, 0.1) is 25.8 Å². The van der Waals surface area contributed by atoms with Crippen LogP contribution < -0.4 is 20.7 Å². The second kappa shape index (κ2) is 5.81. The van der Waals surface area contributed by atoms with Gasteiger partial charge in [0.2, 0.25) is 0 Å². The molecule has 6 heteroatoms. The molecule has 1 aromatic carbocycles. The van der Waals surface area contributed by atoms with Crippen LogP contribution in [-0.4, -0.2) is 19.2 Å². The number of hydrazine groups is 1. The summed E-state index contributed by atoms with van der Waals surface area (Å²) >= 11 is 1.53. The van der Waals surface area contributed by atoms with Gasteiger partial charge in [-0.05, 0) is 18.2 Å². The van der Waals surface area contributed by atoms with Crippen LogP contribution in [0.3, 0.4) is 0 Å². The SMILES string of the molecule is COc1ccc(OC)c(C(NN)c2cncs2)c1. The molecule has 5 nitrogen and oxygen atoms in total. The summed E-state index contributed by atoms with van der Waals surface area (Å²) in [6, 6.07) is 5.45. The van der Waals surface area contributed by atoms with Crippen LogP contribution >= 0.6 is 11.3 Å². The Morgan fingerprint density at radius 2 is 2.17 bits per heavy atom. The Morgan fingerprint density at radius 1 is 1.33 bits per heavy atom. The van der Waals surface area contributed by atoms with Crippen LogP contribution in [0.2, 0.25) is 0 Å². The topological polar surface area (TPSA) is 69.4 Å². The van der Waals surface area contributed by atoms with E-state index in [0.29, 0.717) is 0 Å². The van der Waals surface area contributed by atoms with Crippen molar-refractivity contribution in [3.8, 4) is 11.5 Å². The summed E-state index contributed by atoms with van der Waals surface area (Å²) in [6.07, 6.45) is 1.79. The maximum Gasteiger partial charge on any atom is 0.124 e. The van der Waals surface area contributed by atoms with E-state index in [4.69, 9.17) is 15.3 Å². The highest BCUT2D eigenvalue weighted by molar-refractivity contribution is 7.09. The second-order valence-electron chi connectivity index (χ2n) is 3.61. The highest BCUT2D eigenvalue weighted by Gasteiger charge is 2.19. The molecule has 0 radical (unpaired) electrons. The number of rotatable bonds is 5. The molecule has 0 amide bonds. The van der Waals surface area contributed by atoms with Crippen molar-refractivity contribution in [3.05, 3.63) is 40.3 Å². The van der Waals surface area contributed by atoms with Crippen molar-refractivity contribution in [2.24, 2.45) is 5.84 Å².